The van der Waals surface area contributed by atoms with Gasteiger partial charge < -0.3 is 19.9 Å². The third-order valence-electron chi connectivity index (χ3n) is 3.21. The van der Waals surface area contributed by atoms with Gasteiger partial charge in [-0.1, -0.05) is 26.0 Å². The molecule has 0 heterocycles. The number of nitrogens with one attached hydrogen (secondary N) is 1. The van der Waals surface area contributed by atoms with Crippen molar-refractivity contribution in [1.82, 2.24) is 5.32 Å². The van der Waals surface area contributed by atoms with Gasteiger partial charge >= 0.3 is 0 Å². The van der Waals surface area contributed by atoms with E-state index in [-0.39, 0.29) is 12.7 Å². The zero-order valence-electron chi connectivity index (χ0n) is 13.6. The number of aliphatic hydroxyl groups is 1. The molecular weight excluding hydrogens is 266 g/mol. The van der Waals surface area contributed by atoms with Crippen LogP contribution >= 0.6 is 0 Å². The second-order valence-electron chi connectivity index (χ2n) is 5.43. The number of rotatable bonds is 10. The predicted molar refractivity (Wildman–Crippen MR) is 85.7 cm³/mol. The highest BCUT2D eigenvalue weighted by atomic mass is 16.5. The van der Waals surface area contributed by atoms with Crippen LogP contribution in [0.25, 0.3) is 0 Å². The zero-order chi connectivity index (χ0) is 15.7. The standard InChI is InChI=1S/C17H29NO3/c1-5-17(18-6-2)14-7-9-16(10-8-14)21-12-15(19)11-20-13(3)4/h7-10,13,15,17-19H,5-6,11-12H2,1-4H3. The Kier molecular flexibility index (Phi) is 8.35. The van der Waals surface area contributed by atoms with Gasteiger partial charge in [0.05, 0.1) is 12.7 Å². The highest BCUT2D eigenvalue weighted by Crippen LogP contribution is 2.20. The topological polar surface area (TPSA) is 50.7 Å². The molecule has 120 valence electrons. The molecule has 0 saturated carbocycles. The Morgan fingerprint density at radius 3 is 2.29 bits per heavy atom. The Morgan fingerprint density at radius 1 is 1.10 bits per heavy atom. The molecule has 0 fully saturated rings. The minimum absolute atomic E-state index is 0.121. The monoisotopic (exact) mass is 295 g/mol. The predicted octanol–water partition coefficient (Wildman–Crippen LogP) is 2.91. The van der Waals surface area contributed by atoms with Crippen LogP contribution in [0.15, 0.2) is 24.3 Å². The lowest BCUT2D eigenvalue weighted by Gasteiger charge is -2.17. The fraction of sp³-hybridized carbons (Fsp3) is 0.647. The highest BCUT2D eigenvalue weighted by Gasteiger charge is 2.09. The minimum atomic E-state index is -0.600. The highest BCUT2D eigenvalue weighted by molar-refractivity contribution is 5.29. The lowest BCUT2D eigenvalue weighted by atomic mass is 10.0. The van der Waals surface area contributed by atoms with Gasteiger partial charge in [-0.25, -0.2) is 0 Å². The van der Waals surface area contributed by atoms with Gasteiger partial charge in [0, 0.05) is 6.04 Å². The van der Waals surface area contributed by atoms with Crippen LogP contribution in [-0.2, 0) is 4.74 Å². The maximum Gasteiger partial charge on any atom is 0.119 e. The van der Waals surface area contributed by atoms with Crippen molar-refractivity contribution in [1.29, 1.82) is 0 Å². The third kappa shape index (κ3) is 6.93. The summed E-state index contributed by atoms with van der Waals surface area (Å²) in [5.41, 5.74) is 1.26. The summed E-state index contributed by atoms with van der Waals surface area (Å²) in [6.07, 6.45) is 0.576. The van der Waals surface area contributed by atoms with E-state index < -0.39 is 6.10 Å². The van der Waals surface area contributed by atoms with E-state index in [0.717, 1.165) is 18.7 Å². The first kappa shape index (κ1) is 18.0. The van der Waals surface area contributed by atoms with Crippen LogP contribution in [0.4, 0.5) is 0 Å². The van der Waals surface area contributed by atoms with E-state index in [1.165, 1.54) is 5.56 Å². The Morgan fingerprint density at radius 2 is 1.76 bits per heavy atom. The van der Waals surface area contributed by atoms with E-state index in [4.69, 9.17) is 9.47 Å². The van der Waals surface area contributed by atoms with Crippen LogP contribution in [0.5, 0.6) is 5.75 Å². The van der Waals surface area contributed by atoms with Crippen molar-refractivity contribution in [3.05, 3.63) is 29.8 Å². The maximum absolute atomic E-state index is 9.75. The van der Waals surface area contributed by atoms with Gasteiger partial charge in [-0.05, 0) is 44.5 Å². The first-order chi connectivity index (χ1) is 10.1. The van der Waals surface area contributed by atoms with E-state index in [2.05, 4.69) is 31.3 Å². The molecule has 0 aliphatic rings. The first-order valence-corrected chi connectivity index (χ1v) is 7.82. The normalized spacial score (nSPS) is 14.2. The molecule has 0 aliphatic carbocycles. The average molecular weight is 295 g/mol. The second-order valence-corrected chi connectivity index (χ2v) is 5.43. The summed E-state index contributed by atoms with van der Waals surface area (Å²) in [6, 6.07) is 8.43. The molecule has 0 aromatic heterocycles. The van der Waals surface area contributed by atoms with Gasteiger partial charge in [-0.15, -0.1) is 0 Å². The molecule has 1 aromatic rings. The van der Waals surface area contributed by atoms with E-state index in [9.17, 15) is 5.11 Å². The van der Waals surface area contributed by atoms with Gasteiger partial charge in [0.1, 0.15) is 18.5 Å². The summed E-state index contributed by atoms with van der Waals surface area (Å²) < 4.78 is 10.9. The quantitative estimate of drug-likeness (QED) is 0.697. The molecule has 2 atom stereocenters. The Hall–Kier alpha value is -1.10. The van der Waals surface area contributed by atoms with Crippen molar-refractivity contribution in [3.63, 3.8) is 0 Å². The molecule has 4 nitrogen and oxygen atoms in total. The molecule has 1 aromatic carbocycles. The van der Waals surface area contributed by atoms with Crippen LogP contribution in [0.2, 0.25) is 0 Å². The summed E-state index contributed by atoms with van der Waals surface area (Å²) in [5, 5.41) is 13.2. The van der Waals surface area contributed by atoms with Gasteiger partial charge in [0.2, 0.25) is 0 Å². The molecule has 2 unspecified atom stereocenters. The zero-order valence-corrected chi connectivity index (χ0v) is 13.6. The summed E-state index contributed by atoms with van der Waals surface area (Å²) in [4.78, 5) is 0. The SMILES string of the molecule is CCNC(CC)c1ccc(OCC(O)COC(C)C)cc1. The van der Waals surface area contributed by atoms with Gasteiger partial charge in [-0.2, -0.15) is 0 Å². The number of hydrogen-bond donors (Lipinski definition) is 2. The van der Waals surface area contributed by atoms with Gasteiger partial charge in [0.15, 0.2) is 0 Å². The van der Waals surface area contributed by atoms with Crippen molar-refractivity contribution in [2.75, 3.05) is 19.8 Å². The van der Waals surface area contributed by atoms with E-state index >= 15 is 0 Å². The molecule has 1 rings (SSSR count). The van der Waals surface area contributed by atoms with E-state index in [0.29, 0.717) is 12.6 Å². The lowest BCUT2D eigenvalue weighted by molar-refractivity contribution is -0.0122. The molecular formula is C17H29NO3. The molecule has 0 bridgehead atoms. The van der Waals surface area contributed by atoms with Gasteiger partial charge in [-0.3, -0.25) is 0 Å². The molecule has 4 heteroatoms. The van der Waals surface area contributed by atoms with E-state index in [1.807, 2.05) is 26.0 Å². The average Bonchev–Trinajstić information content (AvgIpc) is 2.49. The Balaban J connectivity index is 2.43. The first-order valence-electron chi connectivity index (χ1n) is 7.82. The fourth-order valence-corrected chi connectivity index (χ4v) is 2.08. The number of hydrogen-bond acceptors (Lipinski definition) is 4. The molecule has 0 spiro atoms. The minimum Gasteiger partial charge on any atom is -0.491 e. The largest absolute Gasteiger partial charge is 0.491 e. The molecule has 0 amide bonds. The smallest absolute Gasteiger partial charge is 0.119 e. The molecule has 0 aliphatic heterocycles. The third-order valence-corrected chi connectivity index (χ3v) is 3.21. The van der Waals surface area contributed by atoms with Crippen molar-refractivity contribution in [3.8, 4) is 5.75 Å². The molecule has 0 saturated heterocycles. The van der Waals surface area contributed by atoms with Crippen molar-refractivity contribution in [2.45, 2.75) is 52.4 Å². The second kappa shape index (κ2) is 9.77. The van der Waals surface area contributed by atoms with Crippen molar-refractivity contribution in [2.24, 2.45) is 0 Å². The maximum atomic E-state index is 9.75. The van der Waals surface area contributed by atoms with Crippen LogP contribution in [0.1, 0.15) is 45.7 Å². The number of benzene rings is 1. The Bertz CT molecular complexity index is 378. The summed E-state index contributed by atoms with van der Waals surface area (Å²) in [6.45, 7) is 9.68. The van der Waals surface area contributed by atoms with Crippen LogP contribution in [0.3, 0.4) is 0 Å². The van der Waals surface area contributed by atoms with Crippen molar-refractivity contribution < 1.29 is 14.6 Å². The summed E-state index contributed by atoms with van der Waals surface area (Å²) >= 11 is 0. The van der Waals surface area contributed by atoms with Gasteiger partial charge in [0.25, 0.3) is 0 Å². The van der Waals surface area contributed by atoms with Crippen molar-refractivity contribution >= 4 is 0 Å². The van der Waals surface area contributed by atoms with Crippen LogP contribution in [-0.4, -0.2) is 37.1 Å². The van der Waals surface area contributed by atoms with Crippen LogP contribution < -0.4 is 10.1 Å². The van der Waals surface area contributed by atoms with E-state index in [1.54, 1.807) is 0 Å². The molecule has 2 N–H and O–H groups in total. The lowest BCUT2D eigenvalue weighted by Crippen LogP contribution is -2.25. The summed E-state index contributed by atoms with van der Waals surface area (Å²) in [5.74, 6) is 0.772. The fourth-order valence-electron chi connectivity index (χ4n) is 2.08. The molecule has 21 heavy (non-hydrogen) atoms. The number of aliphatic hydroxyl groups excluding tert-OH is 1. The molecule has 0 radical (unpaired) electrons. The summed E-state index contributed by atoms with van der Waals surface area (Å²) in [7, 11) is 0. The van der Waals surface area contributed by atoms with Crippen LogP contribution in [0, 0.1) is 0 Å². The Labute approximate surface area is 128 Å². The number of ether oxygens (including phenoxy) is 2.